The van der Waals surface area contributed by atoms with Gasteiger partial charge < -0.3 is 4.90 Å². The summed E-state index contributed by atoms with van der Waals surface area (Å²) in [6.07, 6.45) is 1.30. The van der Waals surface area contributed by atoms with Gasteiger partial charge >= 0.3 is 0 Å². The first-order chi connectivity index (χ1) is 5.91. The third-order valence-corrected chi connectivity index (χ3v) is 2.91. The number of hydrogen-bond donors (Lipinski definition) is 0. The highest BCUT2D eigenvalue weighted by Gasteiger charge is 2.28. The van der Waals surface area contributed by atoms with E-state index in [4.69, 9.17) is 0 Å². The highest BCUT2D eigenvalue weighted by molar-refractivity contribution is 4.84. The average Bonchev–Trinajstić information content (AvgIpc) is 2.08. The van der Waals surface area contributed by atoms with Crippen LogP contribution >= 0.6 is 0 Å². The predicted octanol–water partition coefficient (Wildman–Crippen LogP) is 1.81. The Morgan fingerprint density at radius 2 is 1.77 bits per heavy atom. The van der Waals surface area contributed by atoms with Crippen molar-refractivity contribution in [1.82, 2.24) is 9.80 Å². The van der Waals surface area contributed by atoms with Gasteiger partial charge in [-0.1, -0.05) is 0 Å². The molecule has 1 heterocycles. The van der Waals surface area contributed by atoms with Crippen LogP contribution in [-0.4, -0.2) is 48.1 Å². The molecule has 0 bridgehead atoms. The van der Waals surface area contributed by atoms with Crippen molar-refractivity contribution in [2.45, 2.75) is 45.7 Å². The van der Waals surface area contributed by atoms with Crippen LogP contribution < -0.4 is 0 Å². The minimum absolute atomic E-state index is 0.324. The van der Waals surface area contributed by atoms with E-state index in [1.54, 1.807) is 0 Å². The van der Waals surface area contributed by atoms with Crippen molar-refractivity contribution in [3.8, 4) is 0 Å². The fourth-order valence-corrected chi connectivity index (χ4v) is 2.37. The van der Waals surface area contributed by atoms with Gasteiger partial charge in [-0.2, -0.15) is 0 Å². The lowest BCUT2D eigenvalue weighted by atomic mass is 10.0. The zero-order valence-electron chi connectivity index (χ0n) is 9.80. The number of rotatable bonds is 0. The lowest BCUT2D eigenvalue weighted by Gasteiger charge is -2.39. The van der Waals surface area contributed by atoms with Gasteiger partial charge in [0.05, 0.1) is 0 Å². The van der Waals surface area contributed by atoms with Gasteiger partial charge in [-0.05, 0) is 47.7 Å². The summed E-state index contributed by atoms with van der Waals surface area (Å²) in [7, 11) is 2.22. The molecule has 0 saturated carbocycles. The van der Waals surface area contributed by atoms with E-state index in [1.165, 1.54) is 26.1 Å². The van der Waals surface area contributed by atoms with E-state index in [-0.39, 0.29) is 0 Å². The minimum Gasteiger partial charge on any atom is -0.305 e. The first kappa shape index (κ1) is 11.0. The summed E-state index contributed by atoms with van der Waals surface area (Å²) in [4.78, 5) is 5.06. The van der Waals surface area contributed by atoms with Gasteiger partial charge in [-0.15, -0.1) is 0 Å². The highest BCUT2D eigenvalue weighted by atomic mass is 15.3. The summed E-state index contributed by atoms with van der Waals surface area (Å²) in [6, 6.07) is 0.687. The molecule has 0 spiro atoms. The lowest BCUT2D eigenvalue weighted by Crippen LogP contribution is -2.48. The van der Waals surface area contributed by atoms with Crippen LogP contribution in [0.3, 0.4) is 0 Å². The van der Waals surface area contributed by atoms with Gasteiger partial charge in [-0.3, -0.25) is 4.90 Å². The van der Waals surface area contributed by atoms with Crippen LogP contribution in [0.15, 0.2) is 0 Å². The van der Waals surface area contributed by atoms with Crippen molar-refractivity contribution >= 4 is 0 Å². The Morgan fingerprint density at radius 1 is 1.15 bits per heavy atom. The molecular formula is C11H24N2. The minimum atomic E-state index is 0.324. The van der Waals surface area contributed by atoms with Gasteiger partial charge in [0.2, 0.25) is 0 Å². The Balaban J connectivity index is 2.64. The molecule has 1 atom stereocenters. The monoisotopic (exact) mass is 184 g/mol. The maximum absolute atomic E-state index is 2.62. The largest absolute Gasteiger partial charge is 0.305 e. The SMILES string of the molecule is CC1CN(C)CCCN1C(C)(C)C. The molecule has 1 unspecified atom stereocenters. The van der Waals surface area contributed by atoms with Gasteiger partial charge in [0.1, 0.15) is 0 Å². The topological polar surface area (TPSA) is 6.48 Å². The summed E-state index contributed by atoms with van der Waals surface area (Å²) in [5.74, 6) is 0. The summed E-state index contributed by atoms with van der Waals surface area (Å²) in [5, 5.41) is 0. The molecule has 0 aromatic heterocycles. The van der Waals surface area contributed by atoms with Crippen LogP contribution in [0.1, 0.15) is 34.1 Å². The molecule has 1 rings (SSSR count). The van der Waals surface area contributed by atoms with E-state index in [2.05, 4.69) is 44.5 Å². The van der Waals surface area contributed by atoms with Crippen molar-refractivity contribution in [3.05, 3.63) is 0 Å². The molecule has 1 aliphatic heterocycles. The van der Waals surface area contributed by atoms with E-state index >= 15 is 0 Å². The van der Waals surface area contributed by atoms with Crippen molar-refractivity contribution < 1.29 is 0 Å². The van der Waals surface area contributed by atoms with E-state index in [1.807, 2.05) is 0 Å². The third kappa shape index (κ3) is 2.96. The average molecular weight is 184 g/mol. The second-order valence-corrected chi connectivity index (χ2v) is 5.33. The van der Waals surface area contributed by atoms with E-state index in [9.17, 15) is 0 Å². The van der Waals surface area contributed by atoms with Gasteiger partial charge in [0.25, 0.3) is 0 Å². The summed E-state index contributed by atoms with van der Waals surface area (Å²) in [5.41, 5.74) is 0.324. The Labute approximate surface area is 82.9 Å². The van der Waals surface area contributed by atoms with Crippen molar-refractivity contribution in [2.75, 3.05) is 26.7 Å². The van der Waals surface area contributed by atoms with Crippen LogP contribution in [0.25, 0.3) is 0 Å². The van der Waals surface area contributed by atoms with Crippen LogP contribution in [-0.2, 0) is 0 Å². The Morgan fingerprint density at radius 3 is 2.31 bits per heavy atom. The Kier molecular flexibility index (Phi) is 3.36. The fraction of sp³-hybridized carbons (Fsp3) is 1.00. The highest BCUT2D eigenvalue weighted by Crippen LogP contribution is 2.19. The molecule has 1 fully saturated rings. The smallest absolute Gasteiger partial charge is 0.0199 e. The quantitative estimate of drug-likeness (QED) is 0.566. The summed E-state index contributed by atoms with van der Waals surface area (Å²) in [6.45, 7) is 13.0. The number of hydrogen-bond acceptors (Lipinski definition) is 2. The van der Waals surface area contributed by atoms with Crippen LogP contribution in [0.4, 0.5) is 0 Å². The molecule has 0 aromatic rings. The molecule has 1 saturated heterocycles. The van der Waals surface area contributed by atoms with Gasteiger partial charge in [-0.25, -0.2) is 0 Å². The third-order valence-electron chi connectivity index (χ3n) is 2.91. The maximum Gasteiger partial charge on any atom is 0.0199 e. The fourth-order valence-electron chi connectivity index (χ4n) is 2.37. The van der Waals surface area contributed by atoms with Crippen molar-refractivity contribution in [2.24, 2.45) is 0 Å². The molecule has 78 valence electrons. The molecule has 0 amide bonds. The molecule has 13 heavy (non-hydrogen) atoms. The second kappa shape index (κ2) is 3.97. The Hall–Kier alpha value is -0.0800. The molecule has 0 aromatic carbocycles. The van der Waals surface area contributed by atoms with E-state index < -0.39 is 0 Å². The molecule has 0 N–H and O–H groups in total. The normalized spacial score (nSPS) is 28.8. The van der Waals surface area contributed by atoms with E-state index in [0.717, 1.165) is 0 Å². The molecule has 0 aliphatic carbocycles. The molecule has 1 aliphatic rings. The van der Waals surface area contributed by atoms with Crippen molar-refractivity contribution in [1.29, 1.82) is 0 Å². The van der Waals surface area contributed by atoms with E-state index in [0.29, 0.717) is 11.6 Å². The number of nitrogens with zero attached hydrogens (tertiary/aromatic N) is 2. The first-order valence-electron chi connectivity index (χ1n) is 5.36. The molecular weight excluding hydrogens is 160 g/mol. The zero-order chi connectivity index (χ0) is 10.1. The zero-order valence-corrected chi connectivity index (χ0v) is 9.80. The second-order valence-electron chi connectivity index (χ2n) is 5.33. The molecule has 2 heteroatoms. The van der Waals surface area contributed by atoms with Crippen molar-refractivity contribution in [3.63, 3.8) is 0 Å². The van der Waals surface area contributed by atoms with Crippen LogP contribution in [0.2, 0.25) is 0 Å². The number of likely N-dealkylation sites (N-methyl/N-ethyl adjacent to an activating group) is 1. The van der Waals surface area contributed by atoms with Gasteiger partial charge in [0, 0.05) is 24.7 Å². The molecule has 2 nitrogen and oxygen atoms in total. The van der Waals surface area contributed by atoms with Crippen LogP contribution in [0, 0.1) is 0 Å². The van der Waals surface area contributed by atoms with Crippen LogP contribution in [0.5, 0.6) is 0 Å². The Bertz CT molecular complexity index is 160. The molecule has 0 radical (unpaired) electrons. The predicted molar refractivity (Wildman–Crippen MR) is 58.0 cm³/mol. The summed E-state index contributed by atoms with van der Waals surface area (Å²) < 4.78 is 0. The lowest BCUT2D eigenvalue weighted by molar-refractivity contribution is 0.0925. The van der Waals surface area contributed by atoms with Gasteiger partial charge in [0.15, 0.2) is 0 Å². The standard InChI is InChI=1S/C11H24N2/c1-10-9-12(5)7-6-8-13(10)11(2,3)4/h10H,6-9H2,1-5H3. The first-order valence-corrected chi connectivity index (χ1v) is 5.36. The summed E-state index contributed by atoms with van der Waals surface area (Å²) >= 11 is 0. The maximum atomic E-state index is 2.62.